The Balaban J connectivity index is 2.08. The fourth-order valence-electron chi connectivity index (χ4n) is 2.47. The summed E-state index contributed by atoms with van der Waals surface area (Å²) in [6.07, 6.45) is 0.685. The second-order valence-electron chi connectivity index (χ2n) is 5.73. The number of benzene rings is 1. The highest BCUT2D eigenvalue weighted by Crippen LogP contribution is 2.29. The Morgan fingerprint density at radius 2 is 2.18 bits per heavy atom. The van der Waals surface area contributed by atoms with Gasteiger partial charge in [-0.1, -0.05) is 49.5 Å². The van der Waals surface area contributed by atoms with Crippen molar-refractivity contribution in [3.8, 4) is 0 Å². The molecule has 1 heterocycles. The van der Waals surface area contributed by atoms with Crippen LogP contribution in [0.5, 0.6) is 0 Å². The molecule has 1 amide bonds. The predicted octanol–water partition coefficient (Wildman–Crippen LogP) is 3.27. The number of nitrogens with two attached hydrogens (primary N) is 1. The zero-order valence-corrected chi connectivity index (χ0v) is 14.4. The Bertz CT molecular complexity index is 539. The third kappa shape index (κ3) is 3.93. The van der Waals surface area contributed by atoms with Crippen LogP contribution >= 0.6 is 23.2 Å². The Kier molecular flexibility index (Phi) is 6.09. The van der Waals surface area contributed by atoms with Crippen molar-refractivity contribution in [2.45, 2.75) is 32.4 Å². The molecule has 22 heavy (non-hydrogen) atoms. The van der Waals surface area contributed by atoms with Crippen molar-refractivity contribution in [1.82, 2.24) is 4.90 Å². The van der Waals surface area contributed by atoms with Gasteiger partial charge < -0.3 is 15.4 Å². The molecule has 3 atom stereocenters. The Labute approximate surface area is 141 Å². The van der Waals surface area contributed by atoms with Crippen LogP contribution in [0.2, 0.25) is 10.0 Å². The Morgan fingerprint density at radius 1 is 1.45 bits per heavy atom. The first-order chi connectivity index (χ1) is 10.4. The summed E-state index contributed by atoms with van der Waals surface area (Å²) in [5.74, 6) is 0.154. The van der Waals surface area contributed by atoms with Crippen molar-refractivity contribution in [1.29, 1.82) is 0 Å². The fraction of sp³-hybridized carbons (Fsp3) is 0.562. The zero-order valence-electron chi connectivity index (χ0n) is 12.9. The van der Waals surface area contributed by atoms with Gasteiger partial charge in [0.25, 0.3) is 0 Å². The van der Waals surface area contributed by atoms with E-state index >= 15 is 0 Å². The Hall–Kier alpha value is -0.810. The number of ether oxygens (including phenoxy) is 1. The summed E-state index contributed by atoms with van der Waals surface area (Å²) in [5, 5.41) is 0.996. The average Bonchev–Trinajstić information content (AvgIpc) is 2.55. The number of carbonyl (C=O) groups excluding carboxylic acids is 1. The first-order valence-electron chi connectivity index (χ1n) is 7.55. The molecule has 6 heteroatoms. The number of amides is 1. The van der Waals surface area contributed by atoms with Crippen LogP contribution in [0, 0.1) is 5.92 Å². The van der Waals surface area contributed by atoms with Crippen molar-refractivity contribution in [3.63, 3.8) is 0 Å². The molecular formula is C16H22Cl2N2O2. The Morgan fingerprint density at radius 3 is 2.82 bits per heavy atom. The second-order valence-corrected chi connectivity index (χ2v) is 6.54. The number of halogens is 2. The molecule has 2 N–H and O–H groups in total. The van der Waals surface area contributed by atoms with E-state index in [9.17, 15) is 4.79 Å². The lowest BCUT2D eigenvalue weighted by Gasteiger charge is -2.35. The number of hydrogen-bond donors (Lipinski definition) is 1. The minimum atomic E-state index is -0.461. The summed E-state index contributed by atoms with van der Waals surface area (Å²) in [7, 11) is 0. The van der Waals surface area contributed by atoms with Gasteiger partial charge in [-0.2, -0.15) is 0 Å². The zero-order chi connectivity index (χ0) is 16.3. The molecule has 1 aromatic rings. The minimum absolute atomic E-state index is 0.0114. The predicted molar refractivity (Wildman–Crippen MR) is 89.2 cm³/mol. The van der Waals surface area contributed by atoms with Gasteiger partial charge >= 0.3 is 0 Å². The molecule has 0 spiro atoms. The van der Waals surface area contributed by atoms with Gasteiger partial charge in [0.05, 0.1) is 29.2 Å². The van der Waals surface area contributed by atoms with Crippen LogP contribution in [0.25, 0.3) is 0 Å². The largest absolute Gasteiger partial charge is 0.370 e. The molecule has 0 radical (unpaired) electrons. The molecule has 1 aromatic carbocycles. The summed E-state index contributed by atoms with van der Waals surface area (Å²) in [6.45, 7) is 5.58. The molecule has 3 unspecified atom stereocenters. The smallest absolute Gasteiger partial charge is 0.239 e. The first-order valence-corrected chi connectivity index (χ1v) is 8.30. The van der Waals surface area contributed by atoms with Crippen molar-refractivity contribution in [2.75, 3.05) is 19.7 Å². The highest BCUT2D eigenvalue weighted by Gasteiger charge is 2.30. The molecule has 0 bridgehead atoms. The van der Waals surface area contributed by atoms with Crippen LogP contribution in [0.3, 0.4) is 0 Å². The van der Waals surface area contributed by atoms with E-state index in [-0.39, 0.29) is 17.9 Å². The normalized spacial score (nSPS) is 21.5. The van der Waals surface area contributed by atoms with E-state index in [0.717, 1.165) is 12.0 Å². The fourth-order valence-corrected chi connectivity index (χ4v) is 2.78. The topological polar surface area (TPSA) is 55.6 Å². The number of nitrogens with zero attached hydrogens (tertiary/aromatic N) is 1. The highest BCUT2D eigenvalue weighted by atomic mass is 35.5. The van der Waals surface area contributed by atoms with Crippen molar-refractivity contribution in [2.24, 2.45) is 11.7 Å². The van der Waals surface area contributed by atoms with E-state index in [4.69, 9.17) is 33.7 Å². The maximum absolute atomic E-state index is 12.5. The summed E-state index contributed by atoms with van der Waals surface area (Å²) in [6, 6.07) is 4.95. The quantitative estimate of drug-likeness (QED) is 0.911. The molecule has 122 valence electrons. The van der Waals surface area contributed by atoms with Crippen LogP contribution in [-0.2, 0) is 9.53 Å². The van der Waals surface area contributed by atoms with Gasteiger partial charge in [0.15, 0.2) is 0 Å². The van der Waals surface area contributed by atoms with Crippen LogP contribution in [-0.4, -0.2) is 36.5 Å². The van der Waals surface area contributed by atoms with Gasteiger partial charge in [-0.15, -0.1) is 0 Å². The molecule has 1 fully saturated rings. The summed E-state index contributed by atoms with van der Waals surface area (Å²) < 4.78 is 5.77. The van der Waals surface area contributed by atoms with Crippen LogP contribution in [0.1, 0.15) is 31.9 Å². The summed E-state index contributed by atoms with van der Waals surface area (Å²) in [4.78, 5) is 14.3. The highest BCUT2D eigenvalue weighted by molar-refractivity contribution is 6.42. The van der Waals surface area contributed by atoms with Gasteiger partial charge in [0.2, 0.25) is 5.91 Å². The van der Waals surface area contributed by atoms with Crippen LogP contribution < -0.4 is 5.73 Å². The SMILES string of the molecule is CCC(C)C(N)C(=O)N1CCOC(c2ccc(Cl)c(Cl)c2)C1. The lowest BCUT2D eigenvalue weighted by Crippen LogP contribution is -2.51. The van der Waals surface area contributed by atoms with Crippen molar-refractivity contribution < 1.29 is 9.53 Å². The van der Waals surface area contributed by atoms with Crippen LogP contribution in [0.4, 0.5) is 0 Å². The first kappa shape index (κ1) is 17.5. The van der Waals surface area contributed by atoms with Crippen molar-refractivity contribution >= 4 is 29.1 Å². The van der Waals surface area contributed by atoms with E-state index in [1.807, 2.05) is 19.9 Å². The van der Waals surface area contributed by atoms with E-state index in [0.29, 0.717) is 29.7 Å². The number of rotatable bonds is 4. The molecule has 4 nitrogen and oxygen atoms in total. The molecule has 2 rings (SSSR count). The maximum Gasteiger partial charge on any atom is 0.239 e. The van der Waals surface area contributed by atoms with E-state index in [1.54, 1.807) is 17.0 Å². The number of morpholine rings is 1. The standard InChI is InChI=1S/C16H22Cl2N2O2/c1-3-10(2)15(19)16(21)20-6-7-22-14(9-20)11-4-5-12(17)13(18)8-11/h4-5,8,10,14-15H,3,6-7,9,19H2,1-2H3. The average molecular weight is 345 g/mol. The van der Waals surface area contributed by atoms with E-state index in [2.05, 4.69) is 0 Å². The molecule has 0 aliphatic carbocycles. The summed E-state index contributed by atoms with van der Waals surface area (Å²) in [5.41, 5.74) is 6.98. The monoisotopic (exact) mass is 344 g/mol. The lowest BCUT2D eigenvalue weighted by molar-refractivity contribution is -0.141. The minimum Gasteiger partial charge on any atom is -0.370 e. The second kappa shape index (κ2) is 7.64. The molecule has 0 saturated carbocycles. The van der Waals surface area contributed by atoms with Gasteiger partial charge in [-0.25, -0.2) is 0 Å². The number of hydrogen-bond acceptors (Lipinski definition) is 3. The molecule has 1 aliphatic heterocycles. The third-order valence-corrected chi connectivity index (χ3v) is 4.97. The van der Waals surface area contributed by atoms with Gasteiger partial charge in [-0.05, 0) is 23.6 Å². The third-order valence-electron chi connectivity index (χ3n) is 4.24. The van der Waals surface area contributed by atoms with Gasteiger partial charge in [-0.3, -0.25) is 4.79 Å². The number of carbonyl (C=O) groups is 1. The molecular weight excluding hydrogens is 323 g/mol. The van der Waals surface area contributed by atoms with E-state index < -0.39 is 6.04 Å². The van der Waals surface area contributed by atoms with Gasteiger partial charge in [0, 0.05) is 6.54 Å². The maximum atomic E-state index is 12.5. The molecule has 1 aliphatic rings. The van der Waals surface area contributed by atoms with Crippen molar-refractivity contribution in [3.05, 3.63) is 33.8 Å². The van der Waals surface area contributed by atoms with Crippen LogP contribution in [0.15, 0.2) is 18.2 Å². The lowest BCUT2D eigenvalue weighted by atomic mass is 9.98. The molecule has 1 saturated heterocycles. The van der Waals surface area contributed by atoms with E-state index in [1.165, 1.54) is 0 Å². The summed E-state index contributed by atoms with van der Waals surface area (Å²) >= 11 is 12.0. The molecule has 0 aromatic heterocycles. The van der Waals surface area contributed by atoms with Gasteiger partial charge in [0.1, 0.15) is 6.10 Å².